The van der Waals surface area contributed by atoms with Gasteiger partial charge in [0.25, 0.3) is 0 Å². The fourth-order valence-electron chi connectivity index (χ4n) is 4.49. The van der Waals surface area contributed by atoms with Crippen molar-refractivity contribution >= 4 is 11.8 Å². The predicted molar refractivity (Wildman–Crippen MR) is 147 cm³/mol. The molecular formula is C31H29N3OS. The van der Waals surface area contributed by atoms with Gasteiger partial charge < -0.3 is 4.74 Å². The highest BCUT2D eigenvalue weighted by Gasteiger charge is 2.37. The van der Waals surface area contributed by atoms with E-state index in [1.165, 1.54) is 16.7 Å². The summed E-state index contributed by atoms with van der Waals surface area (Å²) < 4.78 is 7.72. The standard InChI is InChI=1S/C31H29N3OS/c1-5-13-26(14-6-1)23-35-24-30(34-22-21-32-33-34)25-36-31(27-15-7-2-8-16-27,28-17-9-3-10-18-28)29-19-11-4-12-20-29/h1-22,30H,23-25H2/t30-/m0/s1. The van der Waals surface area contributed by atoms with E-state index < -0.39 is 0 Å². The van der Waals surface area contributed by atoms with Crippen molar-refractivity contribution in [3.8, 4) is 0 Å². The molecule has 0 bridgehead atoms. The molecule has 4 nitrogen and oxygen atoms in total. The molecule has 5 aromatic rings. The van der Waals surface area contributed by atoms with Crippen LogP contribution in [0.25, 0.3) is 0 Å². The van der Waals surface area contributed by atoms with Gasteiger partial charge in [0, 0.05) is 11.9 Å². The van der Waals surface area contributed by atoms with Crippen LogP contribution in [0.2, 0.25) is 0 Å². The van der Waals surface area contributed by atoms with Gasteiger partial charge in [0.15, 0.2) is 0 Å². The first kappa shape index (κ1) is 24.0. The Morgan fingerprint density at radius 1 is 0.694 bits per heavy atom. The van der Waals surface area contributed by atoms with Crippen LogP contribution in [0.3, 0.4) is 0 Å². The second-order valence-electron chi connectivity index (χ2n) is 8.63. The van der Waals surface area contributed by atoms with Crippen molar-refractivity contribution in [3.05, 3.63) is 156 Å². The third-order valence-electron chi connectivity index (χ3n) is 6.27. The highest BCUT2D eigenvalue weighted by atomic mass is 32.2. The quantitative estimate of drug-likeness (QED) is 0.191. The summed E-state index contributed by atoms with van der Waals surface area (Å²) in [5.74, 6) is 0.789. The molecule has 0 saturated heterocycles. The predicted octanol–water partition coefficient (Wildman–Crippen LogP) is 6.76. The Morgan fingerprint density at radius 3 is 1.67 bits per heavy atom. The molecule has 180 valence electrons. The minimum Gasteiger partial charge on any atom is -0.375 e. The number of rotatable bonds is 11. The molecule has 0 N–H and O–H groups in total. The zero-order chi connectivity index (χ0) is 24.5. The number of hydrogen-bond acceptors (Lipinski definition) is 4. The van der Waals surface area contributed by atoms with Gasteiger partial charge in [-0.15, -0.1) is 16.9 Å². The fraction of sp³-hybridized carbons (Fsp3) is 0.161. The molecule has 0 saturated carbocycles. The summed E-state index contributed by atoms with van der Waals surface area (Å²) in [4.78, 5) is 0. The molecule has 1 aromatic heterocycles. The van der Waals surface area contributed by atoms with E-state index in [1.54, 1.807) is 6.20 Å². The number of nitrogens with zero attached hydrogens (tertiary/aromatic N) is 3. The fourth-order valence-corrected chi connectivity index (χ4v) is 6.09. The Morgan fingerprint density at radius 2 is 1.19 bits per heavy atom. The maximum absolute atomic E-state index is 6.19. The molecule has 1 heterocycles. The molecular weight excluding hydrogens is 462 g/mol. The molecule has 0 aliphatic rings. The molecule has 36 heavy (non-hydrogen) atoms. The van der Waals surface area contributed by atoms with Crippen molar-refractivity contribution in [3.63, 3.8) is 0 Å². The van der Waals surface area contributed by atoms with Gasteiger partial charge in [0.05, 0.1) is 30.2 Å². The first-order valence-corrected chi connectivity index (χ1v) is 13.1. The van der Waals surface area contributed by atoms with E-state index in [-0.39, 0.29) is 10.8 Å². The maximum atomic E-state index is 6.19. The van der Waals surface area contributed by atoms with E-state index in [1.807, 2.05) is 40.8 Å². The van der Waals surface area contributed by atoms with E-state index in [0.29, 0.717) is 13.2 Å². The molecule has 0 unspecified atom stereocenters. The molecule has 5 heteroatoms. The number of thioether (sulfide) groups is 1. The van der Waals surface area contributed by atoms with Crippen LogP contribution >= 0.6 is 11.8 Å². The van der Waals surface area contributed by atoms with Gasteiger partial charge >= 0.3 is 0 Å². The van der Waals surface area contributed by atoms with E-state index in [9.17, 15) is 0 Å². The lowest BCUT2D eigenvalue weighted by Crippen LogP contribution is -2.29. The number of hydrogen-bond donors (Lipinski definition) is 0. The third-order valence-corrected chi connectivity index (χ3v) is 7.96. The van der Waals surface area contributed by atoms with E-state index >= 15 is 0 Å². The normalized spacial score (nSPS) is 12.3. The van der Waals surface area contributed by atoms with Crippen molar-refractivity contribution in [1.29, 1.82) is 0 Å². The van der Waals surface area contributed by atoms with Crippen LogP contribution in [0.4, 0.5) is 0 Å². The Kier molecular flexibility index (Phi) is 7.91. The molecule has 0 radical (unpaired) electrons. The van der Waals surface area contributed by atoms with Crippen molar-refractivity contribution in [1.82, 2.24) is 15.0 Å². The maximum Gasteiger partial charge on any atom is 0.0907 e. The number of ether oxygens (including phenoxy) is 1. The monoisotopic (exact) mass is 491 g/mol. The third kappa shape index (κ3) is 5.43. The van der Waals surface area contributed by atoms with E-state index in [2.05, 4.69) is 113 Å². The van der Waals surface area contributed by atoms with Gasteiger partial charge in [-0.1, -0.05) is 127 Å². The van der Waals surface area contributed by atoms with Gasteiger partial charge in [0.1, 0.15) is 0 Å². The Hall–Kier alpha value is -3.67. The van der Waals surface area contributed by atoms with Crippen LogP contribution < -0.4 is 0 Å². The average molecular weight is 492 g/mol. The Balaban J connectivity index is 1.48. The zero-order valence-corrected chi connectivity index (χ0v) is 20.9. The first-order chi connectivity index (χ1) is 17.9. The second-order valence-corrected chi connectivity index (χ2v) is 9.86. The molecule has 0 aliphatic carbocycles. The Labute approximate surface area is 217 Å². The molecule has 0 aliphatic heterocycles. The molecule has 0 amide bonds. The topological polar surface area (TPSA) is 39.9 Å². The molecule has 1 atom stereocenters. The summed E-state index contributed by atoms with van der Waals surface area (Å²) in [6.07, 6.45) is 3.65. The zero-order valence-electron chi connectivity index (χ0n) is 20.1. The van der Waals surface area contributed by atoms with Gasteiger partial charge in [-0.05, 0) is 22.3 Å². The van der Waals surface area contributed by atoms with Crippen molar-refractivity contribution in [2.45, 2.75) is 17.4 Å². The minimum atomic E-state index is -0.387. The van der Waals surface area contributed by atoms with Crippen LogP contribution in [-0.2, 0) is 16.1 Å². The molecule has 5 rings (SSSR count). The van der Waals surface area contributed by atoms with Gasteiger partial charge in [-0.2, -0.15) is 0 Å². The van der Waals surface area contributed by atoms with Crippen LogP contribution in [0, 0.1) is 0 Å². The highest BCUT2D eigenvalue weighted by Crippen LogP contribution is 2.49. The lowest BCUT2D eigenvalue weighted by molar-refractivity contribution is 0.0921. The van der Waals surface area contributed by atoms with Crippen molar-refractivity contribution < 1.29 is 4.74 Å². The van der Waals surface area contributed by atoms with Gasteiger partial charge in [0.2, 0.25) is 0 Å². The smallest absolute Gasteiger partial charge is 0.0907 e. The summed E-state index contributed by atoms with van der Waals surface area (Å²) in [5, 5.41) is 8.41. The average Bonchev–Trinajstić information content (AvgIpc) is 3.50. The minimum absolute atomic E-state index is 0.0247. The molecule has 0 spiro atoms. The molecule has 0 fully saturated rings. The highest BCUT2D eigenvalue weighted by molar-refractivity contribution is 8.00. The summed E-state index contributed by atoms with van der Waals surface area (Å²) in [6, 6.07) is 42.6. The van der Waals surface area contributed by atoms with Crippen LogP contribution in [0.5, 0.6) is 0 Å². The summed E-state index contributed by atoms with van der Waals surface area (Å²) in [6.45, 7) is 1.11. The summed E-state index contributed by atoms with van der Waals surface area (Å²) in [7, 11) is 0. The van der Waals surface area contributed by atoms with Crippen LogP contribution in [0.15, 0.2) is 134 Å². The van der Waals surface area contributed by atoms with Crippen molar-refractivity contribution in [2.75, 3.05) is 12.4 Å². The lowest BCUT2D eigenvalue weighted by Gasteiger charge is -2.36. The van der Waals surface area contributed by atoms with Crippen LogP contribution in [-0.4, -0.2) is 27.4 Å². The summed E-state index contributed by atoms with van der Waals surface area (Å²) >= 11 is 1.91. The van der Waals surface area contributed by atoms with Gasteiger partial charge in [-0.25, -0.2) is 4.68 Å². The lowest BCUT2D eigenvalue weighted by atomic mass is 9.84. The second kappa shape index (κ2) is 11.8. The first-order valence-electron chi connectivity index (χ1n) is 12.1. The Bertz CT molecular complexity index is 1200. The van der Waals surface area contributed by atoms with E-state index in [4.69, 9.17) is 4.74 Å². The molecule has 4 aromatic carbocycles. The van der Waals surface area contributed by atoms with Crippen LogP contribution in [0.1, 0.15) is 28.3 Å². The van der Waals surface area contributed by atoms with Gasteiger partial charge in [-0.3, -0.25) is 0 Å². The number of aromatic nitrogens is 3. The van der Waals surface area contributed by atoms with Crippen molar-refractivity contribution in [2.24, 2.45) is 0 Å². The van der Waals surface area contributed by atoms with E-state index in [0.717, 1.165) is 11.3 Å². The largest absolute Gasteiger partial charge is 0.375 e. The summed E-state index contributed by atoms with van der Waals surface area (Å²) in [5.41, 5.74) is 4.90. The SMILES string of the molecule is c1ccc(COC[C@@H](CSC(c2ccccc2)(c2ccccc2)c2ccccc2)n2ccnn2)cc1. The number of benzene rings is 4.